The fraction of sp³-hybridized carbons (Fsp3) is 0.273. The number of thiophene rings is 1. The second-order valence-corrected chi connectivity index (χ2v) is 7.88. The summed E-state index contributed by atoms with van der Waals surface area (Å²) in [5.41, 5.74) is 1.60. The van der Waals surface area contributed by atoms with Crippen molar-refractivity contribution in [2.75, 3.05) is 25.1 Å². The predicted octanol–water partition coefficient (Wildman–Crippen LogP) is 4.14. The van der Waals surface area contributed by atoms with Gasteiger partial charge >= 0.3 is 5.76 Å². The Morgan fingerprint density at radius 1 is 1.12 bits per heavy atom. The van der Waals surface area contributed by atoms with Crippen LogP contribution in [-0.2, 0) is 6.42 Å². The van der Waals surface area contributed by atoms with Gasteiger partial charge in [0.25, 0.3) is 0 Å². The van der Waals surface area contributed by atoms with Gasteiger partial charge in [-0.15, -0.1) is 11.3 Å². The maximum absolute atomic E-state index is 13.5. The monoisotopic (exact) mass is 471 g/mol. The molecule has 0 amide bonds. The van der Waals surface area contributed by atoms with Gasteiger partial charge in [0.1, 0.15) is 34.3 Å². The van der Waals surface area contributed by atoms with Gasteiger partial charge < -0.3 is 14.8 Å². The molecule has 0 saturated carbocycles. The average Bonchev–Trinajstić information content (AvgIpc) is 3.42. The molecule has 0 aliphatic heterocycles. The average molecular weight is 472 g/mol. The molecule has 0 bridgehead atoms. The number of benzene rings is 1. The Kier molecular flexibility index (Phi) is 6.98. The molecular formula is C22H22FN5O4S. The third-order valence-electron chi connectivity index (χ3n) is 4.60. The van der Waals surface area contributed by atoms with Crippen LogP contribution in [0.15, 0.2) is 46.0 Å². The Bertz CT molecular complexity index is 1290. The molecule has 0 saturated heterocycles. The lowest BCUT2D eigenvalue weighted by molar-refractivity contribution is 0.334. The molecular weight excluding hydrogens is 449 g/mol. The van der Waals surface area contributed by atoms with Crippen molar-refractivity contribution in [3.63, 3.8) is 0 Å². The van der Waals surface area contributed by atoms with Crippen LogP contribution in [0.5, 0.6) is 11.5 Å². The van der Waals surface area contributed by atoms with Crippen LogP contribution in [0.1, 0.15) is 19.4 Å². The second-order valence-electron chi connectivity index (χ2n) is 6.83. The van der Waals surface area contributed by atoms with Crippen molar-refractivity contribution in [3.8, 4) is 32.8 Å². The fourth-order valence-electron chi connectivity index (χ4n) is 3.19. The summed E-state index contributed by atoms with van der Waals surface area (Å²) < 4.78 is 29.4. The van der Waals surface area contributed by atoms with Gasteiger partial charge in [0.2, 0.25) is 0 Å². The van der Waals surface area contributed by atoms with Crippen molar-refractivity contribution in [3.05, 3.63) is 58.6 Å². The first-order valence-corrected chi connectivity index (χ1v) is 11.2. The normalized spacial score (nSPS) is 10.9. The maximum atomic E-state index is 13.5. The summed E-state index contributed by atoms with van der Waals surface area (Å²) in [6, 6.07) is 8.21. The van der Waals surface area contributed by atoms with E-state index in [1.165, 1.54) is 29.8 Å². The summed E-state index contributed by atoms with van der Waals surface area (Å²) >= 11 is 1.37. The van der Waals surface area contributed by atoms with Crippen molar-refractivity contribution in [1.82, 2.24) is 20.1 Å². The van der Waals surface area contributed by atoms with E-state index in [0.29, 0.717) is 59.9 Å². The zero-order chi connectivity index (χ0) is 23.2. The summed E-state index contributed by atoms with van der Waals surface area (Å²) in [5.74, 6) is 1.11. The number of hydrogen-bond donors (Lipinski definition) is 2. The number of anilines is 1. The van der Waals surface area contributed by atoms with E-state index in [0.717, 1.165) is 10.4 Å². The highest BCUT2D eigenvalue weighted by molar-refractivity contribution is 7.19. The van der Waals surface area contributed by atoms with Crippen molar-refractivity contribution in [2.45, 2.75) is 20.3 Å². The van der Waals surface area contributed by atoms with Gasteiger partial charge in [0, 0.05) is 24.7 Å². The van der Waals surface area contributed by atoms with E-state index in [1.54, 1.807) is 6.07 Å². The van der Waals surface area contributed by atoms with Gasteiger partial charge in [0.05, 0.1) is 23.8 Å². The largest absolute Gasteiger partial charge is 0.493 e. The van der Waals surface area contributed by atoms with Gasteiger partial charge in [0.15, 0.2) is 5.82 Å². The lowest BCUT2D eigenvalue weighted by Crippen LogP contribution is -2.08. The minimum Gasteiger partial charge on any atom is -0.493 e. The molecule has 4 aromatic rings. The van der Waals surface area contributed by atoms with E-state index in [1.807, 2.05) is 26.0 Å². The van der Waals surface area contributed by atoms with E-state index >= 15 is 0 Å². The van der Waals surface area contributed by atoms with Crippen LogP contribution in [0.3, 0.4) is 0 Å². The minimum atomic E-state index is -0.635. The molecule has 11 heteroatoms. The topological polar surface area (TPSA) is 115 Å². The van der Waals surface area contributed by atoms with Gasteiger partial charge in [-0.3, -0.25) is 9.51 Å². The Morgan fingerprint density at radius 3 is 2.70 bits per heavy atom. The fourth-order valence-corrected chi connectivity index (χ4v) is 4.20. The summed E-state index contributed by atoms with van der Waals surface area (Å²) in [4.78, 5) is 24.0. The van der Waals surface area contributed by atoms with Crippen molar-refractivity contribution in [2.24, 2.45) is 0 Å². The van der Waals surface area contributed by atoms with Gasteiger partial charge in [-0.05, 0) is 31.9 Å². The molecule has 4 rings (SSSR count). The highest BCUT2D eigenvalue weighted by atomic mass is 32.1. The zero-order valence-corrected chi connectivity index (χ0v) is 18.9. The Labute approximate surface area is 192 Å². The number of ether oxygens (including phenoxy) is 2. The minimum absolute atomic E-state index is 0.302. The molecule has 0 unspecified atom stereocenters. The van der Waals surface area contributed by atoms with Crippen LogP contribution in [0.4, 0.5) is 10.2 Å². The third-order valence-corrected chi connectivity index (χ3v) is 5.75. The number of H-pyrrole nitrogens is 1. The molecule has 33 heavy (non-hydrogen) atoms. The molecule has 9 nitrogen and oxygen atoms in total. The molecule has 1 aromatic carbocycles. The predicted molar refractivity (Wildman–Crippen MR) is 122 cm³/mol. The Balaban J connectivity index is 1.50. The molecule has 0 radical (unpaired) electrons. The van der Waals surface area contributed by atoms with Crippen LogP contribution >= 0.6 is 11.3 Å². The van der Waals surface area contributed by atoms with Crippen molar-refractivity contribution in [1.29, 1.82) is 0 Å². The molecule has 0 atom stereocenters. The van der Waals surface area contributed by atoms with Crippen LogP contribution in [0.2, 0.25) is 0 Å². The van der Waals surface area contributed by atoms with Crippen LogP contribution in [-0.4, -0.2) is 39.9 Å². The smallest absolute Gasteiger partial charge is 0.439 e. The van der Waals surface area contributed by atoms with Gasteiger partial charge in [-0.2, -0.15) is 0 Å². The lowest BCUT2D eigenvalue weighted by atomic mass is 10.1. The highest BCUT2D eigenvalue weighted by Crippen LogP contribution is 2.41. The lowest BCUT2D eigenvalue weighted by Gasteiger charge is -2.11. The maximum Gasteiger partial charge on any atom is 0.439 e. The Hall–Kier alpha value is -3.73. The van der Waals surface area contributed by atoms with E-state index in [2.05, 4.69) is 29.9 Å². The molecule has 0 aliphatic rings. The van der Waals surface area contributed by atoms with Crippen molar-refractivity contribution < 1.29 is 18.4 Å². The van der Waals surface area contributed by atoms with Crippen LogP contribution in [0.25, 0.3) is 21.3 Å². The number of aromatic amines is 1. The number of aromatic nitrogens is 4. The zero-order valence-electron chi connectivity index (χ0n) is 18.1. The molecule has 0 aliphatic carbocycles. The number of halogens is 1. The summed E-state index contributed by atoms with van der Waals surface area (Å²) in [6.07, 6.45) is 2.10. The van der Waals surface area contributed by atoms with Crippen LogP contribution < -0.4 is 20.5 Å². The van der Waals surface area contributed by atoms with E-state index in [9.17, 15) is 9.18 Å². The molecule has 2 N–H and O–H groups in total. The number of rotatable bonds is 10. The SMILES string of the molecule is CCOc1cc(F)ccc1CCNc1cc(-c2cc(OCC)c(-c3noc(=O)[nH]3)s2)ncn1. The van der Waals surface area contributed by atoms with E-state index < -0.39 is 5.76 Å². The van der Waals surface area contributed by atoms with E-state index in [4.69, 9.17) is 9.47 Å². The van der Waals surface area contributed by atoms with Gasteiger partial charge in [-0.1, -0.05) is 11.2 Å². The number of hydrogen-bond acceptors (Lipinski definition) is 9. The first-order chi connectivity index (χ1) is 16.1. The quantitative estimate of drug-likeness (QED) is 0.355. The molecule has 0 fully saturated rings. The van der Waals surface area contributed by atoms with Gasteiger partial charge in [-0.25, -0.2) is 19.2 Å². The first kappa shape index (κ1) is 22.5. The number of nitrogens with zero attached hydrogens (tertiary/aromatic N) is 3. The Morgan fingerprint density at radius 2 is 1.94 bits per heavy atom. The van der Waals surface area contributed by atoms with E-state index in [-0.39, 0.29) is 5.82 Å². The molecule has 172 valence electrons. The highest BCUT2D eigenvalue weighted by Gasteiger charge is 2.18. The molecule has 0 spiro atoms. The summed E-state index contributed by atoms with van der Waals surface area (Å²) in [6.45, 7) is 5.23. The molecule has 3 heterocycles. The third kappa shape index (κ3) is 5.37. The summed E-state index contributed by atoms with van der Waals surface area (Å²) in [5, 5.41) is 7.02. The number of nitrogens with one attached hydrogen (secondary N) is 2. The van der Waals surface area contributed by atoms with Crippen molar-refractivity contribution >= 4 is 17.2 Å². The van der Waals surface area contributed by atoms with Crippen LogP contribution in [0, 0.1) is 5.82 Å². The standard InChI is InChI=1S/C22H22FN5O4S/c1-3-30-16-9-14(23)6-5-13(16)7-8-24-19-10-15(25-12-26-19)18-11-17(31-4-2)20(33-18)21-27-22(29)32-28-21/h5-6,9-12H,3-4,7-8H2,1-2H3,(H,24,25,26)(H,27,28,29). The summed E-state index contributed by atoms with van der Waals surface area (Å²) in [7, 11) is 0. The first-order valence-electron chi connectivity index (χ1n) is 10.4. The second kappa shape index (κ2) is 10.3. The molecule has 3 aromatic heterocycles.